The van der Waals surface area contributed by atoms with Gasteiger partial charge in [-0.1, -0.05) is 0 Å². The van der Waals surface area contributed by atoms with E-state index < -0.39 is 0 Å². The van der Waals surface area contributed by atoms with Gasteiger partial charge in [0.25, 0.3) is 0 Å². The summed E-state index contributed by atoms with van der Waals surface area (Å²) in [6.07, 6.45) is 0. The average Bonchev–Trinajstić information content (AvgIpc) is 2.67. The first-order chi connectivity index (χ1) is 7.40. The molecule has 0 fully saturated rings. The third-order valence-electron chi connectivity index (χ3n) is 2.56. The second-order valence-corrected chi connectivity index (χ2v) is 4.89. The molecule has 0 saturated carbocycles. The van der Waals surface area contributed by atoms with Gasteiger partial charge in [0.15, 0.2) is 0 Å². The topological polar surface area (TPSA) is 0 Å². The van der Waals surface area contributed by atoms with Crippen molar-refractivity contribution in [3.63, 3.8) is 0 Å². The molecule has 0 nitrogen and oxygen atoms in total. The van der Waals surface area contributed by atoms with E-state index in [4.69, 9.17) is 0 Å². The molecule has 3 rings (SSSR count). The van der Waals surface area contributed by atoms with Crippen molar-refractivity contribution >= 4 is 36.4 Å². The fraction of sp³-hybridized carbons (Fsp3) is 0. The van der Waals surface area contributed by atoms with E-state index in [9.17, 15) is 0 Å². The molecule has 0 bridgehead atoms. The summed E-state index contributed by atoms with van der Waals surface area (Å²) in [6, 6.07) is 15.0. The van der Waals surface area contributed by atoms with Gasteiger partial charge in [0.05, 0.1) is 0 Å². The first kappa shape index (κ1) is 9.30. The number of benzene rings is 2. The number of thiophene rings is 1. The van der Waals surface area contributed by atoms with Crippen molar-refractivity contribution in [3.8, 4) is 0 Å². The molecule has 0 radical (unpaired) electrons. The number of fused-ring (bicyclic) bond motifs is 3. The first-order valence-electron chi connectivity index (χ1n) is 4.75. The Labute approximate surface area is 100 Å². The van der Waals surface area contributed by atoms with Crippen molar-refractivity contribution in [1.29, 1.82) is 0 Å². The quantitative estimate of drug-likeness (QED) is 0.615. The Morgan fingerprint density at radius 2 is 1.73 bits per heavy atom. The molecule has 0 spiro atoms. The number of hydrogen-bond acceptors (Lipinski definition) is 1. The molecule has 1 heterocycles. The van der Waals surface area contributed by atoms with E-state index in [0.717, 1.165) is 0 Å². The van der Waals surface area contributed by atoms with Crippen LogP contribution in [0.1, 0.15) is 5.56 Å². The van der Waals surface area contributed by atoms with Crippen LogP contribution < -0.4 is 0 Å². The van der Waals surface area contributed by atoms with Crippen LogP contribution in [0.3, 0.4) is 0 Å². The summed E-state index contributed by atoms with van der Waals surface area (Å²) in [5, 5.41) is 2.73. The van der Waals surface area contributed by atoms with Crippen molar-refractivity contribution in [1.82, 2.24) is 0 Å². The van der Waals surface area contributed by atoms with Gasteiger partial charge < -0.3 is 0 Å². The predicted octanol–water partition coefficient (Wildman–Crippen LogP) is 3.75. The van der Waals surface area contributed by atoms with Crippen LogP contribution in [0, 0.1) is 0 Å². The van der Waals surface area contributed by atoms with Crippen molar-refractivity contribution in [2.75, 3.05) is 0 Å². The SMILES string of the molecule is [Cr]=[CH]c1cccc2sc3ccccc3c12. The summed E-state index contributed by atoms with van der Waals surface area (Å²) in [7, 11) is 0. The fourth-order valence-electron chi connectivity index (χ4n) is 1.90. The predicted molar refractivity (Wildman–Crippen MR) is 64.5 cm³/mol. The summed E-state index contributed by atoms with van der Waals surface area (Å²) in [4.78, 5) is 2.06. The zero-order valence-electron chi connectivity index (χ0n) is 7.94. The van der Waals surface area contributed by atoms with Crippen molar-refractivity contribution in [2.24, 2.45) is 0 Å². The summed E-state index contributed by atoms with van der Waals surface area (Å²) >= 11 is 4.84. The minimum atomic E-state index is 1.28. The summed E-state index contributed by atoms with van der Waals surface area (Å²) in [5.41, 5.74) is 1.28. The molecule has 2 heteroatoms. The number of hydrogen-bond donors (Lipinski definition) is 0. The van der Waals surface area contributed by atoms with Crippen molar-refractivity contribution in [2.45, 2.75) is 0 Å². The van der Waals surface area contributed by atoms with Crippen LogP contribution in [0.25, 0.3) is 20.2 Å². The molecular weight excluding hydrogens is 240 g/mol. The van der Waals surface area contributed by atoms with Gasteiger partial charge in [0, 0.05) is 0 Å². The number of rotatable bonds is 1. The van der Waals surface area contributed by atoms with Gasteiger partial charge in [-0.2, -0.15) is 0 Å². The van der Waals surface area contributed by atoms with Gasteiger partial charge in [-0.05, 0) is 0 Å². The molecule has 3 aromatic rings. The van der Waals surface area contributed by atoms with Gasteiger partial charge in [0.1, 0.15) is 0 Å². The van der Waals surface area contributed by atoms with E-state index in [1.807, 2.05) is 11.3 Å². The molecule has 0 atom stereocenters. The Balaban J connectivity index is 2.62. The van der Waals surface area contributed by atoms with E-state index in [1.54, 1.807) is 0 Å². The van der Waals surface area contributed by atoms with Crippen LogP contribution in [-0.4, -0.2) is 4.88 Å². The van der Waals surface area contributed by atoms with Gasteiger partial charge in [-0.3, -0.25) is 0 Å². The maximum absolute atomic E-state index is 2.99. The minimum absolute atomic E-state index is 1.28. The Morgan fingerprint density at radius 3 is 2.60 bits per heavy atom. The third kappa shape index (κ3) is 1.38. The van der Waals surface area contributed by atoms with Gasteiger partial charge >= 0.3 is 100 Å². The van der Waals surface area contributed by atoms with E-state index in [0.29, 0.717) is 0 Å². The summed E-state index contributed by atoms with van der Waals surface area (Å²) < 4.78 is 2.72. The molecule has 1 aromatic heterocycles. The molecule has 72 valence electrons. The van der Waals surface area contributed by atoms with Crippen LogP contribution in [0.4, 0.5) is 0 Å². The standard InChI is InChI=1S/C13H8S.Cr/c1-9-5-4-8-12-13(9)10-6-2-3-7-11(10)14-12;/h1-8H;. The maximum atomic E-state index is 2.99. The Bertz CT molecular complexity index is 652. The van der Waals surface area contributed by atoms with Crippen LogP contribution in [0.15, 0.2) is 42.5 Å². The van der Waals surface area contributed by atoms with Crippen LogP contribution >= 0.6 is 11.3 Å². The zero-order chi connectivity index (χ0) is 10.3. The van der Waals surface area contributed by atoms with Gasteiger partial charge in [-0.15, -0.1) is 0 Å². The van der Waals surface area contributed by atoms with Crippen molar-refractivity contribution < 1.29 is 15.9 Å². The molecule has 0 aliphatic carbocycles. The third-order valence-corrected chi connectivity index (χ3v) is 4.09. The Hall–Kier alpha value is -0.938. The normalized spacial score (nSPS) is 10.9. The van der Waals surface area contributed by atoms with Crippen LogP contribution in [-0.2, 0) is 15.9 Å². The first-order valence-corrected chi connectivity index (χ1v) is 6.31. The molecular formula is C13H8CrS. The van der Waals surface area contributed by atoms with E-state index in [1.165, 1.54) is 25.7 Å². The molecule has 0 N–H and O–H groups in total. The summed E-state index contributed by atoms with van der Waals surface area (Å²) in [6.45, 7) is 0. The molecule has 0 saturated heterocycles. The van der Waals surface area contributed by atoms with Crippen molar-refractivity contribution in [3.05, 3.63) is 48.0 Å². The monoisotopic (exact) mass is 248 g/mol. The fourth-order valence-corrected chi connectivity index (χ4v) is 3.35. The second-order valence-electron chi connectivity index (χ2n) is 3.44. The Kier molecular flexibility index (Phi) is 2.22. The van der Waals surface area contributed by atoms with E-state index >= 15 is 0 Å². The van der Waals surface area contributed by atoms with E-state index in [-0.39, 0.29) is 0 Å². The van der Waals surface area contributed by atoms with Crippen LogP contribution in [0.2, 0.25) is 0 Å². The molecule has 2 aromatic carbocycles. The van der Waals surface area contributed by atoms with Gasteiger partial charge in [0.2, 0.25) is 0 Å². The molecule has 0 amide bonds. The van der Waals surface area contributed by atoms with Gasteiger partial charge in [-0.25, -0.2) is 0 Å². The molecule has 0 aliphatic rings. The second kappa shape index (κ2) is 3.57. The Morgan fingerprint density at radius 1 is 0.933 bits per heavy atom. The zero-order valence-corrected chi connectivity index (χ0v) is 10.0. The van der Waals surface area contributed by atoms with E-state index in [2.05, 4.69) is 63.2 Å². The van der Waals surface area contributed by atoms with Crippen LogP contribution in [0.5, 0.6) is 0 Å². The molecule has 0 unspecified atom stereocenters. The molecule has 15 heavy (non-hydrogen) atoms. The summed E-state index contributed by atoms with van der Waals surface area (Å²) in [5.74, 6) is 0. The molecule has 0 aliphatic heterocycles. The average molecular weight is 248 g/mol.